The highest BCUT2D eigenvalue weighted by molar-refractivity contribution is 7.93. The molecule has 21 heavy (non-hydrogen) atoms. The van der Waals surface area contributed by atoms with Crippen molar-refractivity contribution in [3.05, 3.63) is 54.1 Å². The molecule has 0 spiro atoms. The van der Waals surface area contributed by atoms with Crippen molar-refractivity contribution in [2.24, 2.45) is 5.73 Å². The Hall–Kier alpha value is -2.54. The first kappa shape index (κ1) is 14.9. The van der Waals surface area contributed by atoms with Gasteiger partial charge < -0.3 is 11.5 Å². The number of benzene rings is 2. The SMILES string of the molecule is CN(c1ccccc1)S(=O)(=O)c1ccc(C(N)=O)cc1N. The summed E-state index contributed by atoms with van der Waals surface area (Å²) >= 11 is 0. The van der Waals surface area contributed by atoms with Crippen molar-refractivity contribution < 1.29 is 13.2 Å². The van der Waals surface area contributed by atoms with Gasteiger partial charge in [0.05, 0.1) is 11.4 Å². The standard InChI is InChI=1S/C14H15N3O3S/c1-17(11-5-3-2-4-6-11)21(19,20)13-8-7-10(14(16)18)9-12(13)15/h2-9H,15H2,1H3,(H2,16,18). The maximum atomic E-state index is 12.6. The summed E-state index contributed by atoms with van der Waals surface area (Å²) in [6, 6.07) is 12.5. The van der Waals surface area contributed by atoms with Crippen LogP contribution in [0, 0.1) is 0 Å². The topological polar surface area (TPSA) is 106 Å². The van der Waals surface area contributed by atoms with Crippen LogP contribution in [0.5, 0.6) is 0 Å². The Kier molecular flexibility index (Phi) is 3.86. The molecule has 2 aromatic rings. The molecule has 7 heteroatoms. The van der Waals surface area contributed by atoms with Gasteiger partial charge in [-0.25, -0.2) is 8.42 Å². The molecule has 0 aromatic heterocycles. The van der Waals surface area contributed by atoms with E-state index < -0.39 is 15.9 Å². The van der Waals surface area contributed by atoms with E-state index in [1.807, 2.05) is 0 Å². The zero-order valence-electron chi connectivity index (χ0n) is 11.4. The Labute approximate surface area is 123 Å². The maximum Gasteiger partial charge on any atom is 0.266 e. The molecule has 0 unspecified atom stereocenters. The highest BCUT2D eigenvalue weighted by Crippen LogP contribution is 2.26. The fourth-order valence-electron chi connectivity index (χ4n) is 1.86. The van der Waals surface area contributed by atoms with Crippen LogP contribution in [0.2, 0.25) is 0 Å². The van der Waals surface area contributed by atoms with Gasteiger partial charge in [0.1, 0.15) is 4.90 Å². The van der Waals surface area contributed by atoms with E-state index in [9.17, 15) is 13.2 Å². The molecular weight excluding hydrogens is 290 g/mol. The number of anilines is 2. The van der Waals surface area contributed by atoms with Crippen LogP contribution in [0.1, 0.15) is 10.4 Å². The second-order valence-corrected chi connectivity index (χ2v) is 6.36. The third-order valence-electron chi connectivity index (χ3n) is 3.05. The van der Waals surface area contributed by atoms with E-state index in [0.29, 0.717) is 5.69 Å². The Balaban J connectivity index is 2.47. The third kappa shape index (κ3) is 2.82. The van der Waals surface area contributed by atoms with E-state index in [1.54, 1.807) is 30.3 Å². The monoisotopic (exact) mass is 305 g/mol. The van der Waals surface area contributed by atoms with Crippen LogP contribution < -0.4 is 15.8 Å². The van der Waals surface area contributed by atoms with E-state index in [-0.39, 0.29) is 16.1 Å². The largest absolute Gasteiger partial charge is 0.398 e. The van der Waals surface area contributed by atoms with E-state index in [0.717, 1.165) is 4.31 Å². The fourth-order valence-corrected chi connectivity index (χ4v) is 3.15. The van der Waals surface area contributed by atoms with Gasteiger partial charge in [-0.3, -0.25) is 9.10 Å². The first-order chi connectivity index (χ1) is 9.84. The third-order valence-corrected chi connectivity index (χ3v) is 4.91. The molecule has 0 aliphatic rings. The van der Waals surface area contributed by atoms with Gasteiger partial charge in [0.2, 0.25) is 5.91 Å². The molecule has 4 N–H and O–H groups in total. The lowest BCUT2D eigenvalue weighted by Gasteiger charge is -2.20. The normalized spacial score (nSPS) is 11.1. The Morgan fingerprint density at radius 3 is 2.24 bits per heavy atom. The number of para-hydroxylation sites is 1. The summed E-state index contributed by atoms with van der Waals surface area (Å²) in [4.78, 5) is 11.0. The van der Waals surface area contributed by atoms with Gasteiger partial charge in [0, 0.05) is 12.6 Å². The van der Waals surface area contributed by atoms with E-state index >= 15 is 0 Å². The molecule has 0 aliphatic heterocycles. The first-order valence-electron chi connectivity index (χ1n) is 6.07. The second-order valence-electron chi connectivity index (χ2n) is 4.42. The lowest BCUT2D eigenvalue weighted by atomic mass is 10.2. The van der Waals surface area contributed by atoms with Gasteiger partial charge in [0.15, 0.2) is 0 Å². The van der Waals surface area contributed by atoms with E-state index in [2.05, 4.69) is 0 Å². The van der Waals surface area contributed by atoms with Crippen molar-refractivity contribution >= 4 is 27.3 Å². The molecule has 6 nitrogen and oxygen atoms in total. The average molecular weight is 305 g/mol. The Morgan fingerprint density at radius 1 is 1.10 bits per heavy atom. The summed E-state index contributed by atoms with van der Waals surface area (Å²) in [5, 5.41) is 0. The number of nitrogens with two attached hydrogens (primary N) is 2. The summed E-state index contributed by atoms with van der Waals surface area (Å²) in [6.45, 7) is 0. The zero-order chi connectivity index (χ0) is 15.6. The predicted octanol–water partition coefficient (Wildman–Crippen LogP) is 1.19. The minimum absolute atomic E-state index is 0.0194. The Morgan fingerprint density at radius 2 is 1.71 bits per heavy atom. The molecule has 110 valence electrons. The highest BCUT2D eigenvalue weighted by atomic mass is 32.2. The number of nitrogen functional groups attached to an aromatic ring is 1. The number of rotatable bonds is 4. The van der Waals surface area contributed by atoms with Crippen LogP contribution >= 0.6 is 0 Å². The molecule has 0 saturated carbocycles. The molecule has 0 atom stereocenters. The molecule has 0 bridgehead atoms. The van der Waals surface area contributed by atoms with Crippen molar-refractivity contribution in [3.8, 4) is 0 Å². The van der Waals surface area contributed by atoms with Crippen LogP contribution in [0.15, 0.2) is 53.4 Å². The molecule has 0 aliphatic carbocycles. The average Bonchev–Trinajstić information content (AvgIpc) is 2.46. The van der Waals surface area contributed by atoms with Gasteiger partial charge in [-0.05, 0) is 30.3 Å². The van der Waals surface area contributed by atoms with Crippen molar-refractivity contribution in [2.75, 3.05) is 17.1 Å². The van der Waals surface area contributed by atoms with Crippen LogP contribution in [0.4, 0.5) is 11.4 Å². The van der Waals surface area contributed by atoms with Crippen LogP contribution in [0.25, 0.3) is 0 Å². The number of hydrogen-bond acceptors (Lipinski definition) is 4. The summed E-state index contributed by atoms with van der Waals surface area (Å²) in [5.74, 6) is -0.665. The van der Waals surface area contributed by atoms with E-state index in [4.69, 9.17) is 11.5 Å². The number of carbonyl (C=O) groups is 1. The molecule has 1 amide bonds. The lowest BCUT2D eigenvalue weighted by molar-refractivity contribution is 0.1000. The minimum Gasteiger partial charge on any atom is -0.398 e. The highest BCUT2D eigenvalue weighted by Gasteiger charge is 2.24. The first-order valence-corrected chi connectivity index (χ1v) is 7.51. The summed E-state index contributed by atoms with van der Waals surface area (Å²) in [5.41, 5.74) is 11.5. The van der Waals surface area contributed by atoms with Crippen LogP contribution in [-0.2, 0) is 10.0 Å². The number of hydrogen-bond donors (Lipinski definition) is 2. The van der Waals surface area contributed by atoms with Crippen molar-refractivity contribution in [1.29, 1.82) is 0 Å². The van der Waals surface area contributed by atoms with Crippen molar-refractivity contribution in [2.45, 2.75) is 4.90 Å². The molecule has 0 radical (unpaired) electrons. The number of carbonyl (C=O) groups excluding carboxylic acids is 1. The molecule has 0 saturated heterocycles. The Bertz CT molecular complexity index is 773. The second kappa shape index (κ2) is 5.45. The maximum absolute atomic E-state index is 12.6. The minimum atomic E-state index is -3.81. The fraction of sp³-hybridized carbons (Fsp3) is 0.0714. The lowest BCUT2D eigenvalue weighted by Crippen LogP contribution is -2.27. The molecule has 2 aromatic carbocycles. The quantitative estimate of drug-likeness (QED) is 0.827. The molecule has 2 rings (SSSR count). The van der Waals surface area contributed by atoms with Crippen molar-refractivity contribution in [1.82, 2.24) is 0 Å². The summed E-state index contributed by atoms with van der Waals surface area (Å²) in [7, 11) is -2.37. The number of nitrogens with zero attached hydrogens (tertiary/aromatic N) is 1. The van der Waals surface area contributed by atoms with Gasteiger partial charge in [-0.1, -0.05) is 18.2 Å². The van der Waals surface area contributed by atoms with Gasteiger partial charge in [-0.15, -0.1) is 0 Å². The predicted molar refractivity (Wildman–Crippen MR) is 81.4 cm³/mol. The summed E-state index contributed by atoms with van der Waals surface area (Å²) < 4.78 is 26.3. The van der Waals surface area contributed by atoms with Gasteiger partial charge in [-0.2, -0.15) is 0 Å². The number of sulfonamides is 1. The molecular formula is C14H15N3O3S. The number of primary amides is 1. The smallest absolute Gasteiger partial charge is 0.266 e. The molecule has 0 fully saturated rings. The zero-order valence-corrected chi connectivity index (χ0v) is 12.2. The molecule has 0 heterocycles. The van der Waals surface area contributed by atoms with Gasteiger partial charge in [0.25, 0.3) is 10.0 Å². The number of amides is 1. The van der Waals surface area contributed by atoms with E-state index in [1.165, 1.54) is 25.2 Å². The van der Waals surface area contributed by atoms with Crippen LogP contribution in [-0.4, -0.2) is 21.4 Å². The van der Waals surface area contributed by atoms with Crippen LogP contribution in [0.3, 0.4) is 0 Å². The summed E-state index contributed by atoms with van der Waals surface area (Å²) in [6.07, 6.45) is 0. The van der Waals surface area contributed by atoms with Crippen molar-refractivity contribution in [3.63, 3.8) is 0 Å². The van der Waals surface area contributed by atoms with Gasteiger partial charge >= 0.3 is 0 Å².